The van der Waals surface area contributed by atoms with Crippen molar-refractivity contribution in [1.82, 2.24) is 14.9 Å². The monoisotopic (exact) mass is 581 g/mol. The summed E-state index contributed by atoms with van der Waals surface area (Å²) < 4.78 is 71.6. The minimum atomic E-state index is -4.75. The molecule has 12 heteroatoms. The standard InChI is InChI=1S/C28H34F3N3O5S/c1-39-27(36)25(33-40(37,38)22-9-6-8-21(16-22)28(29,30)31)17-26(35)32-24-10-5-7-20-15-19(11-12-23(20)24)18-34-13-3-2-4-14-34/h6,8-9,11-12,15-16,24-25,33H,2-5,7,10,13-14,17-18H2,1H3,(H,32,35)/t24-,25-/m1/s1. The van der Waals surface area contributed by atoms with Crippen molar-refractivity contribution in [2.45, 2.75) is 74.6 Å². The first kappa shape index (κ1) is 30.0. The van der Waals surface area contributed by atoms with Gasteiger partial charge in [0.1, 0.15) is 6.04 Å². The number of rotatable bonds is 9. The van der Waals surface area contributed by atoms with E-state index in [4.69, 9.17) is 0 Å². The number of nitrogens with zero attached hydrogens (tertiary/aromatic N) is 1. The molecular formula is C28H34F3N3O5S. The predicted molar refractivity (Wildman–Crippen MR) is 142 cm³/mol. The van der Waals surface area contributed by atoms with Crippen LogP contribution in [0, 0.1) is 0 Å². The molecule has 1 heterocycles. The van der Waals surface area contributed by atoms with Crippen LogP contribution in [-0.2, 0) is 43.5 Å². The molecule has 218 valence electrons. The summed E-state index contributed by atoms with van der Waals surface area (Å²) in [4.78, 5) is 27.1. The highest BCUT2D eigenvalue weighted by Gasteiger charge is 2.34. The molecule has 0 bridgehead atoms. The average molecular weight is 582 g/mol. The van der Waals surface area contributed by atoms with E-state index < -0.39 is 51.0 Å². The summed E-state index contributed by atoms with van der Waals surface area (Å²) in [6.45, 7) is 3.07. The van der Waals surface area contributed by atoms with Gasteiger partial charge in [-0.05, 0) is 80.1 Å². The maximum absolute atomic E-state index is 13.1. The summed E-state index contributed by atoms with van der Waals surface area (Å²) >= 11 is 0. The second-order valence-electron chi connectivity index (χ2n) is 10.3. The summed E-state index contributed by atoms with van der Waals surface area (Å²) in [6, 6.07) is 7.48. The van der Waals surface area contributed by atoms with Gasteiger partial charge >= 0.3 is 12.1 Å². The third-order valence-electron chi connectivity index (χ3n) is 7.36. The number of ether oxygens (including phenoxy) is 1. The number of likely N-dealkylation sites (tertiary alicyclic amines) is 1. The zero-order chi connectivity index (χ0) is 28.9. The van der Waals surface area contributed by atoms with E-state index in [2.05, 4.69) is 27.1 Å². The van der Waals surface area contributed by atoms with E-state index in [1.165, 1.54) is 24.8 Å². The fraction of sp³-hybridized carbons (Fsp3) is 0.500. The number of sulfonamides is 1. The van der Waals surface area contributed by atoms with Gasteiger partial charge in [-0.15, -0.1) is 0 Å². The first-order chi connectivity index (χ1) is 19.0. The molecule has 0 spiro atoms. The van der Waals surface area contributed by atoms with Crippen LogP contribution >= 0.6 is 0 Å². The van der Waals surface area contributed by atoms with E-state index in [1.54, 1.807) is 0 Å². The van der Waals surface area contributed by atoms with Gasteiger partial charge in [0.2, 0.25) is 15.9 Å². The first-order valence-electron chi connectivity index (χ1n) is 13.4. The van der Waals surface area contributed by atoms with E-state index in [9.17, 15) is 31.2 Å². The second kappa shape index (κ2) is 12.7. The van der Waals surface area contributed by atoms with Gasteiger partial charge in [-0.25, -0.2) is 8.42 Å². The van der Waals surface area contributed by atoms with Crippen molar-refractivity contribution >= 4 is 21.9 Å². The van der Waals surface area contributed by atoms with Crippen LogP contribution in [0.4, 0.5) is 13.2 Å². The Morgan fingerprint density at radius 2 is 1.82 bits per heavy atom. The van der Waals surface area contributed by atoms with Gasteiger partial charge in [0.25, 0.3) is 0 Å². The lowest BCUT2D eigenvalue weighted by atomic mass is 9.86. The Bertz CT molecular complexity index is 1330. The van der Waals surface area contributed by atoms with Gasteiger partial charge < -0.3 is 10.1 Å². The van der Waals surface area contributed by atoms with Crippen molar-refractivity contribution in [3.05, 3.63) is 64.7 Å². The summed E-state index contributed by atoms with van der Waals surface area (Å²) in [7, 11) is -3.54. The Balaban J connectivity index is 1.44. The SMILES string of the molecule is COC(=O)[C@@H](CC(=O)N[C@@H]1CCCc2cc(CN3CCCCC3)ccc21)NS(=O)(=O)c1cccc(C(F)(F)F)c1. The lowest BCUT2D eigenvalue weighted by Crippen LogP contribution is -2.45. The molecule has 0 radical (unpaired) electrons. The topological polar surface area (TPSA) is 105 Å². The van der Waals surface area contributed by atoms with E-state index in [-0.39, 0.29) is 6.04 Å². The van der Waals surface area contributed by atoms with E-state index in [0.29, 0.717) is 12.5 Å². The number of alkyl halides is 3. The number of methoxy groups -OCH3 is 1. The summed E-state index contributed by atoms with van der Waals surface area (Å²) in [6.07, 6.45) is 0.782. The largest absolute Gasteiger partial charge is 0.468 e. The molecule has 2 N–H and O–H groups in total. The molecule has 1 fully saturated rings. The van der Waals surface area contributed by atoms with Crippen molar-refractivity contribution in [2.24, 2.45) is 0 Å². The molecule has 8 nitrogen and oxygen atoms in total. The van der Waals surface area contributed by atoms with Crippen LogP contribution < -0.4 is 10.0 Å². The van der Waals surface area contributed by atoms with Gasteiger partial charge in [-0.3, -0.25) is 14.5 Å². The predicted octanol–water partition coefficient (Wildman–Crippen LogP) is 4.10. The number of nitrogens with one attached hydrogen (secondary N) is 2. The van der Waals surface area contributed by atoms with Gasteiger partial charge in [-0.2, -0.15) is 17.9 Å². The average Bonchev–Trinajstić information content (AvgIpc) is 2.92. The summed E-state index contributed by atoms with van der Waals surface area (Å²) in [5.74, 6) is -1.62. The van der Waals surface area contributed by atoms with Crippen LogP contribution in [0.5, 0.6) is 0 Å². The molecule has 1 aliphatic heterocycles. The maximum Gasteiger partial charge on any atom is 0.416 e. The van der Waals surface area contributed by atoms with Crippen molar-refractivity contribution in [1.29, 1.82) is 0 Å². The molecule has 0 unspecified atom stereocenters. The van der Waals surface area contributed by atoms with Crippen molar-refractivity contribution in [2.75, 3.05) is 20.2 Å². The minimum Gasteiger partial charge on any atom is -0.468 e. The number of aryl methyl sites for hydroxylation is 1. The van der Waals surface area contributed by atoms with Gasteiger partial charge in [-0.1, -0.05) is 30.7 Å². The molecule has 0 saturated carbocycles. The highest BCUT2D eigenvalue weighted by atomic mass is 32.2. The number of hydrogen-bond donors (Lipinski definition) is 2. The molecule has 40 heavy (non-hydrogen) atoms. The van der Waals surface area contributed by atoms with Crippen molar-refractivity contribution in [3.63, 3.8) is 0 Å². The van der Waals surface area contributed by atoms with E-state index in [0.717, 1.165) is 68.9 Å². The lowest BCUT2D eigenvalue weighted by molar-refractivity contribution is -0.144. The fourth-order valence-electron chi connectivity index (χ4n) is 5.34. The van der Waals surface area contributed by atoms with Crippen LogP contribution in [0.15, 0.2) is 47.4 Å². The molecule has 2 aromatic rings. The zero-order valence-electron chi connectivity index (χ0n) is 22.3. The number of carbonyl (C=O) groups is 2. The number of piperidine rings is 1. The lowest BCUT2D eigenvalue weighted by Gasteiger charge is -2.29. The second-order valence-corrected chi connectivity index (χ2v) is 12.0. The Hall–Kier alpha value is -2.96. The molecular weight excluding hydrogens is 547 g/mol. The number of fused-ring (bicyclic) bond motifs is 1. The van der Waals surface area contributed by atoms with E-state index in [1.807, 2.05) is 10.8 Å². The minimum absolute atomic E-state index is 0.307. The van der Waals surface area contributed by atoms with Crippen molar-refractivity contribution < 1.29 is 35.9 Å². The number of hydrogen-bond acceptors (Lipinski definition) is 6. The molecule has 2 aromatic carbocycles. The summed E-state index contributed by atoms with van der Waals surface area (Å²) in [5, 5.41) is 2.90. The molecule has 1 saturated heterocycles. The van der Waals surface area contributed by atoms with Crippen molar-refractivity contribution in [3.8, 4) is 0 Å². The molecule has 2 atom stereocenters. The Morgan fingerprint density at radius 3 is 2.52 bits per heavy atom. The highest BCUT2D eigenvalue weighted by molar-refractivity contribution is 7.89. The summed E-state index contributed by atoms with van der Waals surface area (Å²) in [5.41, 5.74) is 2.21. The number of carbonyl (C=O) groups excluding carboxylic acids is 2. The maximum atomic E-state index is 13.1. The Morgan fingerprint density at radius 1 is 1.07 bits per heavy atom. The molecule has 1 aliphatic carbocycles. The Labute approximate surface area is 232 Å². The van der Waals surface area contributed by atoms with E-state index >= 15 is 0 Å². The Kier molecular flexibility index (Phi) is 9.52. The van der Waals surface area contributed by atoms with Gasteiger partial charge in [0, 0.05) is 6.54 Å². The quantitative estimate of drug-likeness (QED) is 0.433. The zero-order valence-corrected chi connectivity index (χ0v) is 23.1. The van der Waals surface area contributed by atoms with Crippen LogP contribution in [0.2, 0.25) is 0 Å². The van der Waals surface area contributed by atoms with Crippen LogP contribution in [0.25, 0.3) is 0 Å². The number of halogens is 3. The molecule has 0 aromatic heterocycles. The van der Waals surface area contributed by atoms with Crippen LogP contribution in [0.3, 0.4) is 0 Å². The molecule has 4 rings (SSSR count). The molecule has 1 amide bonds. The first-order valence-corrected chi connectivity index (χ1v) is 14.9. The van der Waals surface area contributed by atoms with Gasteiger partial charge in [0.15, 0.2) is 0 Å². The fourth-order valence-corrected chi connectivity index (χ4v) is 6.57. The third kappa shape index (κ3) is 7.61. The van der Waals surface area contributed by atoms with Crippen LogP contribution in [-0.4, -0.2) is 51.4 Å². The number of esters is 1. The number of amides is 1. The highest BCUT2D eigenvalue weighted by Crippen LogP contribution is 2.32. The van der Waals surface area contributed by atoms with Crippen LogP contribution in [0.1, 0.15) is 66.8 Å². The molecule has 2 aliphatic rings. The number of benzene rings is 2. The smallest absolute Gasteiger partial charge is 0.416 e. The third-order valence-corrected chi connectivity index (χ3v) is 8.83. The normalized spacial score (nSPS) is 18.9. The van der Waals surface area contributed by atoms with Gasteiger partial charge in [0.05, 0.1) is 30.0 Å².